The highest BCUT2D eigenvalue weighted by atomic mass is 16.5. The van der Waals surface area contributed by atoms with Gasteiger partial charge in [-0.05, 0) is 37.5 Å². The Morgan fingerprint density at radius 3 is 2.57 bits per heavy atom. The molecule has 1 fully saturated rings. The first-order chi connectivity index (χ1) is 9.92. The molecular formula is C16H25N3O2. The van der Waals surface area contributed by atoms with E-state index < -0.39 is 5.60 Å². The van der Waals surface area contributed by atoms with E-state index in [1.54, 1.807) is 7.11 Å². The maximum absolute atomic E-state index is 8.66. The van der Waals surface area contributed by atoms with Gasteiger partial charge in [-0.25, -0.2) is 0 Å². The quantitative estimate of drug-likeness (QED) is 0.822. The van der Waals surface area contributed by atoms with Gasteiger partial charge in [-0.15, -0.1) is 0 Å². The molecule has 1 aromatic rings. The van der Waals surface area contributed by atoms with Gasteiger partial charge in [0.1, 0.15) is 5.60 Å². The Balaban J connectivity index is 2.13. The van der Waals surface area contributed by atoms with Crippen LogP contribution < -0.4 is 0 Å². The Morgan fingerprint density at radius 2 is 2.00 bits per heavy atom. The van der Waals surface area contributed by atoms with Crippen molar-refractivity contribution < 1.29 is 9.26 Å². The maximum Gasteiger partial charge on any atom is 0.229 e. The van der Waals surface area contributed by atoms with E-state index in [-0.39, 0.29) is 5.92 Å². The van der Waals surface area contributed by atoms with E-state index in [0.717, 1.165) is 32.1 Å². The fourth-order valence-electron chi connectivity index (χ4n) is 2.87. The Kier molecular flexibility index (Phi) is 4.67. The maximum atomic E-state index is 8.66. The van der Waals surface area contributed by atoms with E-state index in [4.69, 9.17) is 14.5 Å². The van der Waals surface area contributed by atoms with Crippen molar-refractivity contribution >= 4 is 0 Å². The standard InChI is InChI=1S/C16H25N3O2/c1-12(6-5-11-17)13-18-14(19-21-13)16(20-4)9-7-15(2,3)8-10-16/h12H,5-10H2,1-4H3. The molecule has 0 radical (unpaired) electrons. The average Bonchev–Trinajstić information content (AvgIpc) is 2.96. The lowest BCUT2D eigenvalue weighted by Gasteiger charge is -2.40. The summed E-state index contributed by atoms with van der Waals surface area (Å²) in [6, 6.07) is 2.15. The number of nitriles is 1. The molecule has 21 heavy (non-hydrogen) atoms. The molecule has 5 nitrogen and oxygen atoms in total. The topological polar surface area (TPSA) is 71.9 Å². The summed E-state index contributed by atoms with van der Waals surface area (Å²) in [5.74, 6) is 1.39. The molecule has 1 aliphatic rings. The van der Waals surface area contributed by atoms with Gasteiger partial charge in [0.2, 0.25) is 11.7 Å². The van der Waals surface area contributed by atoms with Crippen LogP contribution in [0.1, 0.15) is 76.9 Å². The van der Waals surface area contributed by atoms with Crippen LogP contribution in [0.4, 0.5) is 0 Å². The number of hydrogen-bond donors (Lipinski definition) is 0. The summed E-state index contributed by atoms with van der Waals surface area (Å²) in [5, 5.41) is 12.8. The molecule has 1 heterocycles. The number of methoxy groups -OCH3 is 1. The van der Waals surface area contributed by atoms with Gasteiger partial charge < -0.3 is 9.26 Å². The van der Waals surface area contributed by atoms with Crippen LogP contribution in [-0.2, 0) is 10.3 Å². The van der Waals surface area contributed by atoms with E-state index in [2.05, 4.69) is 30.1 Å². The molecule has 1 unspecified atom stereocenters. The highest BCUT2D eigenvalue weighted by Crippen LogP contribution is 2.46. The van der Waals surface area contributed by atoms with Gasteiger partial charge in [0.15, 0.2) is 0 Å². The molecule has 1 aromatic heterocycles. The third-order valence-electron chi connectivity index (χ3n) is 4.76. The van der Waals surface area contributed by atoms with Gasteiger partial charge in [0.05, 0.1) is 6.07 Å². The first kappa shape index (κ1) is 16.0. The second-order valence-corrected chi connectivity index (χ2v) is 6.92. The van der Waals surface area contributed by atoms with Crippen molar-refractivity contribution in [1.29, 1.82) is 5.26 Å². The third-order valence-corrected chi connectivity index (χ3v) is 4.76. The Hall–Kier alpha value is -1.41. The fraction of sp³-hybridized carbons (Fsp3) is 0.812. The fourth-order valence-corrected chi connectivity index (χ4v) is 2.87. The smallest absolute Gasteiger partial charge is 0.229 e. The van der Waals surface area contributed by atoms with Gasteiger partial charge in [-0.1, -0.05) is 25.9 Å². The van der Waals surface area contributed by atoms with Crippen LogP contribution in [0, 0.1) is 16.7 Å². The van der Waals surface area contributed by atoms with E-state index >= 15 is 0 Å². The van der Waals surface area contributed by atoms with Gasteiger partial charge in [-0.2, -0.15) is 10.2 Å². The van der Waals surface area contributed by atoms with Crippen molar-refractivity contribution in [2.45, 2.75) is 70.8 Å². The molecule has 5 heteroatoms. The van der Waals surface area contributed by atoms with E-state index in [0.29, 0.717) is 23.6 Å². The van der Waals surface area contributed by atoms with Crippen LogP contribution in [0.2, 0.25) is 0 Å². The number of rotatable bonds is 5. The average molecular weight is 291 g/mol. The Labute approximate surface area is 126 Å². The zero-order valence-corrected chi connectivity index (χ0v) is 13.5. The minimum absolute atomic E-state index is 0.111. The molecule has 0 saturated heterocycles. The van der Waals surface area contributed by atoms with E-state index in [1.165, 1.54) is 0 Å². The lowest BCUT2D eigenvalue weighted by Crippen LogP contribution is -2.37. The SMILES string of the molecule is COC1(c2noc(C(C)CCC#N)n2)CCC(C)(C)CC1. The van der Waals surface area contributed by atoms with Crippen LogP contribution in [0.5, 0.6) is 0 Å². The lowest BCUT2D eigenvalue weighted by atomic mass is 9.70. The first-order valence-electron chi connectivity index (χ1n) is 7.69. The minimum atomic E-state index is -0.410. The molecule has 1 saturated carbocycles. The van der Waals surface area contributed by atoms with Gasteiger partial charge >= 0.3 is 0 Å². The van der Waals surface area contributed by atoms with Crippen molar-refractivity contribution in [3.63, 3.8) is 0 Å². The Bertz CT molecular complexity index is 506. The molecule has 0 spiro atoms. The van der Waals surface area contributed by atoms with Crippen molar-refractivity contribution in [2.75, 3.05) is 7.11 Å². The molecular weight excluding hydrogens is 266 g/mol. The highest BCUT2D eigenvalue weighted by molar-refractivity contribution is 5.06. The number of aromatic nitrogens is 2. The zero-order valence-electron chi connectivity index (χ0n) is 13.5. The monoisotopic (exact) mass is 291 g/mol. The summed E-state index contributed by atoms with van der Waals surface area (Å²) in [5.41, 5.74) is -0.0547. The van der Waals surface area contributed by atoms with Crippen molar-refractivity contribution in [1.82, 2.24) is 10.1 Å². The van der Waals surface area contributed by atoms with E-state index in [9.17, 15) is 0 Å². The zero-order chi connectivity index (χ0) is 15.5. The van der Waals surface area contributed by atoms with Crippen LogP contribution in [-0.4, -0.2) is 17.3 Å². The van der Waals surface area contributed by atoms with Crippen LogP contribution in [0.3, 0.4) is 0 Å². The number of ether oxygens (including phenoxy) is 1. The summed E-state index contributed by atoms with van der Waals surface area (Å²) in [7, 11) is 1.73. The second-order valence-electron chi connectivity index (χ2n) is 6.92. The summed E-state index contributed by atoms with van der Waals surface area (Å²) >= 11 is 0. The largest absolute Gasteiger partial charge is 0.370 e. The highest BCUT2D eigenvalue weighted by Gasteiger charge is 2.43. The molecule has 116 valence electrons. The van der Waals surface area contributed by atoms with Gasteiger partial charge in [0.25, 0.3) is 0 Å². The molecule has 1 atom stereocenters. The second kappa shape index (κ2) is 6.15. The summed E-state index contributed by atoms with van der Waals surface area (Å²) < 4.78 is 11.2. The van der Waals surface area contributed by atoms with E-state index in [1.807, 2.05) is 6.92 Å². The predicted octanol–water partition coefficient (Wildman–Crippen LogP) is 3.92. The van der Waals surface area contributed by atoms with Crippen LogP contribution in [0.15, 0.2) is 4.52 Å². The van der Waals surface area contributed by atoms with Crippen LogP contribution in [0.25, 0.3) is 0 Å². The molecule has 2 rings (SSSR count). The van der Waals surface area contributed by atoms with Gasteiger partial charge in [0, 0.05) is 19.4 Å². The normalized spacial score (nSPS) is 21.7. The summed E-state index contributed by atoms with van der Waals surface area (Å²) in [4.78, 5) is 4.57. The van der Waals surface area contributed by atoms with Crippen LogP contribution >= 0.6 is 0 Å². The summed E-state index contributed by atoms with van der Waals surface area (Å²) in [6.07, 6.45) is 5.27. The van der Waals surface area contributed by atoms with Gasteiger partial charge in [-0.3, -0.25) is 0 Å². The molecule has 0 aromatic carbocycles. The molecule has 0 bridgehead atoms. The molecule has 0 amide bonds. The van der Waals surface area contributed by atoms with Crippen molar-refractivity contribution in [2.24, 2.45) is 5.41 Å². The molecule has 1 aliphatic carbocycles. The Morgan fingerprint density at radius 1 is 1.33 bits per heavy atom. The molecule has 0 aliphatic heterocycles. The van der Waals surface area contributed by atoms with Crippen molar-refractivity contribution in [3.8, 4) is 6.07 Å². The lowest BCUT2D eigenvalue weighted by molar-refractivity contribution is -0.0740. The van der Waals surface area contributed by atoms with Crippen molar-refractivity contribution in [3.05, 3.63) is 11.7 Å². The molecule has 0 N–H and O–H groups in total. The first-order valence-corrected chi connectivity index (χ1v) is 7.69. The predicted molar refractivity (Wildman–Crippen MR) is 78.5 cm³/mol. The number of hydrogen-bond acceptors (Lipinski definition) is 5. The third kappa shape index (κ3) is 3.44. The minimum Gasteiger partial charge on any atom is -0.370 e. The summed E-state index contributed by atoms with van der Waals surface area (Å²) in [6.45, 7) is 6.59. The number of nitrogens with zero attached hydrogens (tertiary/aromatic N) is 3.